The lowest BCUT2D eigenvalue weighted by molar-refractivity contribution is 0.501. The second-order valence-electron chi connectivity index (χ2n) is 4.22. The molecule has 92 valence electrons. The number of nitrogens with zero attached hydrogens (tertiary/aromatic N) is 1. The molecule has 0 aliphatic heterocycles. The first-order valence-corrected chi connectivity index (χ1v) is 6.94. The summed E-state index contributed by atoms with van der Waals surface area (Å²) in [4.78, 5) is 4.56. The van der Waals surface area contributed by atoms with Gasteiger partial charge in [-0.2, -0.15) is 0 Å². The van der Waals surface area contributed by atoms with Crippen LogP contribution in [0.1, 0.15) is 19.8 Å². The molecule has 0 aliphatic rings. The summed E-state index contributed by atoms with van der Waals surface area (Å²) in [5, 5.41) is 4.44. The molecule has 1 aromatic heterocycles. The third-order valence-corrected chi connectivity index (χ3v) is 3.98. The van der Waals surface area contributed by atoms with E-state index in [0.717, 1.165) is 36.6 Å². The number of hydrogen-bond donors (Lipinski definition) is 2. The largest absolute Gasteiger partial charge is 0.361 e. The number of fused-ring (bicyclic) bond motifs is 1. The Bertz CT molecular complexity index is 433. The van der Waals surface area contributed by atoms with Gasteiger partial charge in [0.2, 0.25) is 0 Å². The predicted octanol–water partition coefficient (Wildman–Crippen LogP) is 3.08. The van der Waals surface area contributed by atoms with Gasteiger partial charge in [0.1, 0.15) is 0 Å². The molecule has 1 unspecified atom stereocenters. The number of para-hydroxylation sites is 1. The Morgan fingerprint density at radius 2 is 2.24 bits per heavy atom. The topological polar surface area (TPSA) is 50.9 Å². The van der Waals surface area contributed by atoms with Crippen molar-refractivity contribution in [2.24, 2.45) is 11.7 Å². The van der Waals surface area contributed by atoms with Gasteiger partial charge in [-0.05, 0) is 31.0 Å². The van der Waals surface area contributed by atoms with Crippen LogP contribution in [0.5, 0.6) is 0 Å². The van der Waals surface area contributed by atoms with Crippen LogP contribution in [0.2, 0.25) is 0 Å². The molecule has 0 fully saturated rings. The van der Waals surface area contributed by atoms with Crippen molar-refractivity contribution in [1.82, 2.24) is 4.98 Å². The van der Waals surface area contributed by atoms with Gasteiger partial charge in [-0.3, -0.25) is 0 Å². The molecule has 0 saturated carbocycles. The number of anilines is 1. The lowest BCUT2D eigenvalue weighted by atomic mass is 10.0. The van der Waals surface area contributed by atoms with Crippen molar-refractivity contribution in [1.29, 1.82) is 0 Å². The first kappa shape index (κ1) is 12.3. The van der Waals surface area contributed by atoms with Crippen molar-refractivity contribution in [2.45, 2.75) is 19.8 Å². The Hall–Kier alpha value is -1.13. The molecule has 0 radical (unpaired) electrons. The van der Waals surface area contributed by atoms with Crippen molar-refractivity contribution in [3.8, 4) is 0 Å². The quantitative estimate of drug-likeness (QED) is 0.827. The number of benzene rings is 1. The Balaban J connectivity index is 1.98. The van der Waals surface area contributed by atoms with Crippen LogP contribution in [-0.2, 0) is 0 Å². The van der Waals surface area contributed by atoms with Crippen LogP contribution in [0.3, 0.4) is 0 Å². The summed E-state index contributed by atoms with van der Waals surface area (Å²) in [5.74, 6) is 0.645. The van der Waals surface area contributed by atoms with Crippen LogP contribution in [0.25, 0.3) is 10.2 Å². The van der Waals surface area contributed by atoms with Gasteiger partial charge in [0, 0.05) is 6.54 Å². The minimum Gasteiger partial charge on any atom is -0.361 e. The average Bonchev–Trinajstić information content (AvgIpc) is 2.77. The predicted molar refractivity (Wildman–Crippen MR) is 75.6 cm³/mol. The van der Waals surface area contributed by atoms with Gasteiger partial charge in [-0.25, -0.2) is 4.98 Å². The number of rotatable bonds is 6. The third kappa shape index (κ3) is 3.17. The van der Waals surface area contributed by atoms with Crippen molar-refractivity contribution in [2.75, 3.05) is 18.4 Å². The van der Waals surface area contributed by atoms with Crippen LogP contribution < -0.4 is 11.1 Å². The molecule has 2 aromatic rings. The standard InChI is InChI=1S/C13H19N3S/c1-2-10(7-8-14)9-15-13-16-11-5-3-4-6-12(11)17-13/h3-6,10H,2,7-9,14H2,1H3,(H,15,16). The van der Waals surface area contributed by atoms with Crippen molar-refractivity contribution >= 4 is 26.7 Å². The van der Waals surface area contributed by atoms with Crippen LogP contribution in [0, 0.1) is 5.92 Å². The van der Waals surface area contributed by atoms with Crippen molar-refractivity contribution in [3.63, 3.8) is 0 Å². The maximum absolute atomic E-state index is 5.59. The fourth-order valence-electron chi connectivity index (χ4n) is 1.87. The highest BCUT2D eigenvalue weighted by Gasteiger charge is 2.07. The number of nitrogens with two attached hydrogens (primary N) is 1. The number of thiazole rings is 1. The highest BCUT2D eigenvalue weighted by Crippen LogP contribution is 2.25. The van der Waals surface area contributed by atoms with Crippen LogP contribution >= 0.6 is 11.3 Å². The minimum atomic E-state index is 0.645. The number of nitrogens with one attached hydrogen (secondary N) is 1. The first-order chi connectivity index (χ1) is 8.33. The van der Waals surface area contributed by atoms with Gasteiger partial charge in [-0.15, -0.1) is 0 Å². The summed E-state index contributed by atoms with van der Waals surface area (Å²) < 4.78 is 1.24. The lowest BCUT2D eigenvalue weighted by Crippen LogP contribution is -2.17. The van der Waals surface area contributed by atoms with E-state index in [0.29, 0.717) is 5.92 Å². The zero-order valence-electron chi connectivity index (χ0n) is 10.1. The summed E-state index contributed by atoms with van der Waals surface area (Å²) in [5.41, 5.74) is 6.67. The van der Waals surface area contributed by atoms with E-state index >= 15 is 0 Å². The van der Waals surface area contributed by atoms with E-state index in [1.807, 2.05) is 18.2 Å². The monoisotopic (exact) mass is 249 g/mol. The van der Waals surface area contributed by atoms with Crippen LogP contribution in [-0.4, -0.2) is 18.1 Å². The molecular weight excluding hydrogens is 230 g/mol. The third-order valence-electron chi connectivity index (χ3n) is 2.99. The molecule has 17 heavy (non-hydrogen) atoms. The van der Waals surface area contributed by atoms with E-state index in [1.54, 1.807) is 11.3 Å². The van der Waals surface area contributed by atoms with Gasteiger partial charge >= 0.3 is 0 Å². The van der Waals surface area contributed by atoms with Gasteiger partial charge in [0.05, 0.1) is 10.2 Å². The molecule has 2 rings (SSSR count). The molecule has 0 saturated heterocycles. The second-order valence-corrected chi connectivity index (χ2v) is 5.25. The molecule has 3 N–H and O–H groups in total. The molecule has 4 heteroatoms. The summed E-state index contributed by atoms with van der Waals surface area (Å²) in [6, 6.07) is 8.23. The maximum atomic E-state index is 5.59. The van der Waals surface area contributed by atoms with E-state index in [2.05, 4.69) is 23.3 Å². The number of aromatic nitrogens is 1. The molecule has 1 atom stereocenters. The maximum Gasteiger partial charge on any atom is 0.183 e. The molecule has 0 bridgehead atoms. The van der Waals surface area contributed by atoms with E-state index in [-0.39, 0.29) is 0 Å². The lowest BCUT2D eigenvalue weighted by Gasteiger charge is -2.13. The summed E-state index contributed by atoms with van der Waals surface area (Å²) in [6.45, 7) is 3.94. The van der Waals surface area contributed by atoms with Gasteiger partial charge in [0.15, 0.2) is 5.13 Å². The Labute approximate surface area is 106 Å². The normalized spacial score (nSPS) is 12.8. The summed E-state index contributed by atoms with van der Waals surface area (Å²) in [6.07, 6.45) is 2.24. The van der Waals surface area contributed by atoms with E-state index in [9.17, 15) is 0 Å². The molecule has 1 aromatic carbocycles. The van der Waals surface area contributed by atoms with Crippen LogP contribution in [0.4, 0.5) is 5.13 Å². The Kier molecular flexibility index (Phi) is 4.34. The highest BCUT2D eigenvalue weighted by atomic mass is 32.1. The first-order valence-electron chi connectivity index (χ1n) is 6.13. The number of hydrogen-bond acceptors (Lipinski definition) is 4. The van der Waals surface area contributed by atoms with Gasteiger partial charge in [-0.1, -0.05) is 36.8 Å². The Morgan fingerprint density at radius 3 is 2.94 bits per heavy atom. The summed E-state index contributed by atoms with van der Waals surface area (Å²) >= 11 is 1.71. The molecular formula is C13H19N3S. The molecule has 0 aliphatic carbocycles. The fourth-order valence-corrected chi connectivity index (χ4v) is 2.74. The van der Waals surface area contributed by atoms with Crippen molar-refractivity contribution in [3.05, 3.63) is 24.3 Å². The zero-order chi connectivity index (χ0) is 12.1. The van der Waals surface area contributed by atoms with E-state index in [1.165, 1.54) is 4.70 Å². The average molecular weight is 249 g/mol. The van der Waals surface area contributed by atoms with E-state index in [4.69, 9.17) is 5.73 Å². The van der Waals surface area contributed by atoms with Crippen molar-refractivity contribution < 1.29 is 0 Å². The summed E-state index contributed by atoms with van der Waals surface area (Å²) in [7, 11) is 0. The minimum absolute atomic E-state index is 0.645. The van der Waals surface area contributed by atoms with Gasteiger partial charge < -0.3 is 11.1 Å². The molecule has 1 heterocycles. The smallest absolute Gasteiger partial charge is 0.183 e. The fraction of sp³-hybridized carbons (Fsp3) is 0.462. The van der Waals surface area contributed by atoms with Gasteiger partial charge in [0.25, 0.3) is 0 Å². The van der Waals surface area contributed by atoms with Crippen LogP contribution in [0.15, 0.2) is 24.3 Å². The van der Waals surface area contributed by atoms with E-state index < -0.39 is 0 Å². The molecule has 0 spiro atoms. The highest BCUT2D eigenvalue weighted by molar-refractivity contribution is 7.22. The zero-order valence-corrected chi connectivity index (χ0v) is 11.0. The SMILES string of the molecule is CCC(CCN)CNc1nc2ccccc2s1. The molecule has 0 amide bonds. The second kappa shape index (κ2) is 5.98. The Morgan fingerprint density at radius 1 is 1.41 bits per heavy atom. The molecule has 3 nitrogen and oxygen atoms in total.